The van der Waals surface area contributed by atoms with Gasteiger partial charge in [0.1, 0.15) is 0 Å². The molecule has 0 aliphatic heterocycles. The molecule has 1 nitrogen and oxygen atoms in total. The molecule has 2 atom stereocenters. The molecule has 2 heteroatoms. The van der Waals surface area contributed by atoms with Crippen molar-refractivity contribution >= 4 is 11.8 Å². The van der Waals surface area contributed by atoms with Gasteiger partial charge in [0.15, 0.2) is 0 Å². The summed E-state index contributed by atoms with van der Waals surface area (Å²) in [7, 11) is 0. The number of hydrogen-bond donors (Lipinski definition) is 1. The molecule has 0 bridgehead atoms. The molecule has 112 valence electrons. The normalized spacial score (nSPS) is 13.9. The van der Waals surface area contributed by atoms with Gasteiger partial charge in [0.2, 0.25) is 0 Å². The minimum absolute atomic E-state index is 0.275. The smallest absolute Gasteiger partial charge is 0.0579 e. The number of thioether (sulfide) groups is 1. The first-order valence-corrected chi connectivity index (χ1v) is 8.94. The Morgan fingerprint density at radius 3 is 2.33 bits per heavy atom. The maximum absolute atomic E-state index is 3.76. The summed E-state index contributed by atoms with van der Waals surface area (Å²) in [5.41, 5.74) is 4.06. The summed E-state index contributed by atoms with van der Waals surface area (Å²) in [5, 5.41) is 3.76. The van der Waals surface area contributed by atoms with Crippen LogP contribution in [0.2, 0.25) is 0 Å². The molecule has 0 aromatic heterocycles. The highest BCUT2D eigenvalue weighted by Crippen LogP contribution is 2.25. The second-order valence-electron chi connectivity index (χ2n) is 5.67. The van der Waals surface area contributed by atoms with Crippen LogP contribution in [0.5, 0.6) is 0 Å². The third kappa shape index (κ3) is 4.62. The van der Waals surface area contributed by atoms with Gasteiger partial charge in [-0.15, -0.1) is 0 Å². The summed E-state index contributed by atoms with van der Waals surface area (Å²) < 4.78 is 0. The molecule has 0 spiro atoms. The Labute approximate surface area is 133 Å². The van der Waals surface area contributed by atoms with E-state index in [9.17, 15) is 0 Å². The molecule has 2 aromatic rings. The highest BCUT2D eigenvalue weighted by molar-refractivity contribution is 7.98. The minimum Gasteiger partial charge on any atom is -0.306 e. The largest absolute Gasteiger partial charge is 0.306 e. The molecule has 0 aliphatic carbocycles. The number of aryl methyl sites for hydroxylation is 1. The van der Waals surface area contributed by atoms with Crippen molar-refractivity contribution in [2.45, 2.75) is 19.9 Å². The topological polar surface area (TPSA) is 12.0 Å². The summed E-state index contributed by atoms with van der Waals surface area (Å²) in [5.74, 6) is 1.87. The molecule has 0 saturated heterocycles. The molecule has 2 unspecified atom stereocenters. The first-order chi connectivity index (χ1) is 10.2. The average Bonchev–Trinajstić information content (AvgIpc) is 2.50. The van der Waals surface area contributed by atoms with Crippen LogP contribution in [0.15, 0.2) is 54.6 Å². The Bertz CT molecular complexity index is 538. The van der Waals surface area contributed by atoms with E-state index in [1.165, 1.54) is 22.4 Å². The molecule has 0 radical (unpaired) electrons. The summed E-state index contributed by atoms with van der Waals surface area (Å²) in [6.45, 7) is 5.54. The first-order valence-electron chi connectivity index (χ1n) is 7.55. The SMILES string of the molecule is CSCC(C)CNC(c1ccccc1)c1ccccc1C. The zero-order valence-electron chi connectivity index (χ0n) is 13.2. The van der Waals surface area contributed by atoms with Gasteiger partial charge >= 0.3 is 0 Å². The van der Waals surface area contributed by atoms with Gasteiger partial charge in [-0.25, -0.2) is 0 Å². The van der Waals surface area contributed by atoms with E-state index >= 15 is 0 Å². The lowest BCUT2D eigenvalue weighted by atomic mass is 9.94. The minimum atomic E-state index is 0.275. The monoisotopic (exact) mass is 299 g/mol. The molecule has 1 N–H and O–H groups in total. The molecular formula is C19H25NS. The maximum atomic E-state index is 3.76. The van der Waals surface area contributed by atoms with Crippen molar-refractivity contribution in [3.63, 3.8) is 0 Å². The van der Waals surface area contributed by atoms with Crippen molar-refractivity contribution in [3.05, 3.63) is 71.3 Å². The summed E-state index contributed by atoms with van der Waals surface area (Å²) >= 11 is 1.92. The quantitative estimate of drug-likeness (QED) is 0.797. The van der Waals surface area contributed by atoms with E-state index in [1.807, 2.05) is 11.8 Å². The van der Waals surface area contributed by atoms with Gasteiger partial charge in [0.05, 0.1) is 6.04 Å². The lowest BCUT2D eigenvalue weighted by Crippen LogP contribution is -2.28. The van der Waals surface area contributed by atoms with Gasteiger partial charge in [-0.1, -0.05) is 61.5 Å². The molecule has 2 rings (SSSR count). The Kier molecular flexibility index (Phi) is 6.34. The van der Waals surface area contributed by atoms with E-state index < -0.39 is 0 Å². The third-order valence-corrected chi connectivity index (χ3v) is 4.66. The molecule has 0 heterocycles. The number of hydrogen-bond acceptors (Lipinski definition) is 2. The predicted molar refractivity (Wildman–Crippen MR) is 95.0 cm³/mol. The fraction of sp³-hybridized carbons (Fsp3) is 0.368. The number of rotatable bonds is 7. The molecular weight excluding hydrogens is 274 g/mol. The van der Waals surface area contributed by atoms with E-state index in [0.29, 0.717) is 5.92 Å². The highest BCUT2D eigenvalue weighted by atomic mass is 32.2. The van der Waals surface area contributed by atoms with E-state index in [2.05, 4.69) is 80.0 Å². The van der Waals surface area contributed by atoms with Crippen molar-refractivity contribution in [2.24, 2.45) is 5.92 Å². The van der Waals surface area contributed by atoms with Gasteiger partial charge in [-0.2, -0.15) is 11.8 Å². The van der Waals surface area contributed by atoms with E-state index in [4.69, 9.17) is 0 Å². The van der Waals surface area contributed by atoms with Gasteiger partial charge in [-0.3, -0.25) is 0 Å². The third-order valence-electron chi connectivity index (χ3n) is 3.75. The van der Waals surface area contributed by atoms with Crippen molar-refractivity contribution in [2.75, 3.05) is 18.6 Å². The summed E-state index contributed by atoms with van der Waals surface area (Å²) in [6.07, 6.45) is 2.17. The standard InChI is InChI=1S/C19H25NS/c1-15(14-21-3)13-20-19(17-10-5-4-6-11-17)18-12-8-7-9-16(18)2/h4-12,15,19-20H,13-14H2,1-3H3. The number of nitrogens with one attached hydrogen (secondary N) is 1. The van der Waals surface area contributed by atoms with Crippen molar-refractivity contribution in [1.82, 2.24) is 5.32 Å². The van der Waals surface area contributed by atoms with Crippen molar-refractivity contribution < 1.29 is 0 Å². The van der Waals surface area contributed by atoms with Crippen LogP contribution in [0, 0.1) is 12.8 Å². The Morgan fingerprint density at radius 1 is 1.00 bits per heavy atom. The van der Waals surface area contributed by atoms with E-state index in [0.717, 1.165) is 6.54 Å². The predicted octanol–water partition coefficient (Wildman–Crippen LogP) is 4.67. The second-order valence-corrected chi connectivity index (χ2v) is 6.58. The molecule has 0 saturated carbocycles. The molecule has 0 fully saturated rings. The number of benzene rings is 2. The van der Waals surface area contributed by atoms with Crippen LogP contribution in [-0.4, -0.2) is 18.6 Å². The average molecular weight is 299 g/mol. The summed E-state index contributed by atoms with van der Waals surface area (Å²) in [6, 6.07) is 19.7. The Hall–Kier alpha value is -1.25. The Balaban J connectivity index is 2.21. The van der Waals surface area contributed by atoms with Crippen LogP contribution in [0.1, 0.15) is 29.7 Å². The lowest BCUT2D eigenvalue weighted by molar-refractivity contribution is 0.517. The van der Waals surface area contributed by atoms with E-state index in [-0.39, 0.29) is 6.04 Å². The zero-order chi connectivity index (χ0) is 15.1. The zero-order valence-corrected chi connectivity index (χ0v) is 14.0. The fourth-order valence-electron chi connectivity index (χ4n) is 2.63. The van der Waals surface area contributed by atoms with Crippen LogP contribution >= 0.6 is 11.8 Å². The van der Waals surface area contributed by atoms with Crippen LogP contribution in [0.3, 0.4) is 0 Å². The molecule has 21 heavy (non-hydrogen) atoms. The molecule has 0 amide bonds. The molecule has 0 aliphatic rings. The summed E-state index contributed by atoms with van der Waals surface area (Å²) in [4.78, 5) is 0. The van der Waals surface area contributed by atoms with Gasteiger partial charge in [-0.05, 0) is 48.1 Å². The van der Waals surface area contributed by atoms with Crippen molar-refractivity contribution in [3.8, 4) is 0 Å². The first kappa shape index (κ1) is 16.1. The van der Waals surface area contributed by atoms with Crippen molar-refractivity contribution in [1.29, 1.82) is 0 Å². The van der Waals surface area contributed by atoms with Crippen LogP contribution in [0.25, 0.3) is 0 Å². The maximum Gasteiger partial charge on any atom is 0.0579 e. The second kappa shape index (κ2) is 8.26. The van der Waals surface area contributed by atoms with Gasteiger partial charge < -0.3 is 5.32 Å². The fourth-order valence-corrected chi connectivity index (χ4v) is 3.31. The van der Waals surface area contributed by atoms with Crippen LogP contribution in [0.4, 0.5) is 0 Å². The van der Waals surface area contributed by atoms with E-state index in [1.54, 1.807) is 0 Å². The van der Waals surface area contributed by atoms with Gasteiger partial charge in [0, 0.05) is 0 Å². The highest BCUT2D eigenvalue weighted by Gasteiger charge is 2.16. The van der Waals surface area contributed by atoms with Crippen LogP contribution in [-0.2, 0) is 0 Å². The Morgan fingerprint density at radius 2 is 1.67 bits per heavy atom. The molecule has 2 aromatic carbocycles. The lowest BCUT2D eigenvalue weighted by Gasteiger charge is -2.23. The van der Waals surface area contributed by atoms with Crippen LogP contribution < -0.4 is 5.32 Å². The van der Waals surface area contributed by atoms with Gasteiger partial charge in [0.25, 0.3) is 0 Å².